The highest BCUT2D eigenvalue weighted by Crippen LogP contribution is 2.21. The summed E-state index contributed by atoms with van der Waals surface area (Å²) in [7, 11) is 0. The molecule has 0 aromatic carbocycles. The second kappa shape index (κ2) is 7.12. The number of rotatable bonds is 6. The molecule has 1 N–H and O–H groups in total. The van der Waals surface area contributed by atoms with Crippen molar-refractivity contribution in [3.8, 4) is 0 Å². The van der Waals surface area contributed by atoms with Gasteiger partial charge in [-0.1, -0.05) is 6.92 Å². The third kappa shape index (κ3) is 4.89. The maximum absolute atomic E-state index is 11.9. The van der Waals surface area contributed by atoms with E-state index in [-0.39, 0.29) is 22.5 Å². The van der Waals surface area contributed by atoms with Crippen molar-refractivity contribution in [3.05, 3.63) is 0 Å². The van der Waals surface area contributed by atoms with Crippen LogP contribution in [0.25, 0.3) is 0 Å². The molecule has 0 bridgehead atoms. The highest BCUT2D eigenvalue weighted by Gasteiger charge is 2.22. The molecule has 15 heavy (non-hydrogen) atoms. The van der Waals surface area contributed by atoms with E-state index < -0.39 is 0 Å². The first-order chi connectivity index (χ1) is 6.93. The molecule has 0 aromatic heterocycles. The fraction of sp³-hybridized carbons (Fsp3) is 0.909. The molecule has 3 atom stereocenters. The number of carbonyl (C=O) groups excluding carboxylic acids is 1. The summed E-state index contributed by atoms with van der Waals surface area (Å²) in [6.45, 7) is 11.1. The average Bonchev–Trinajstić information content (AvgIpc) is 2.19. The Bertz CT molecular complexity index is 193. The molecule has 0 rings (SSSR count). The maximum atomic E-state index is 11.9. The Morgan fingerprint density at radius 1 is 1.27 bits per heavy atom. The van der Waals surface area contributed by atoms with Crippen LogP contribution in [0, 0.1) is 0 Å². The van der Waals surface area contributed by atoms with Crippen LogP contribution < -0.4 is 0 Å². The van der Waals surface area contributed by atoms with Gasteiger partial charge in [0.1, 0.15) is 0 Å². The average molecular weight is 233 g/mol. The molecule has 0 spiro atoms. The lowest BCUT2D eigenvalue weighted by Gasteiger charge is -2.25. The zero-order valence-electron chi connectivity index (χ0n) is 10.4. The summed E-state index contributed by atoms with van der Waals surface area (Å²) < 4.78 is 0. The van der Waals surface area contributed by atoms with Gasteiger partial charge in [0.05, 0.1) is 11.4 Å². The van der Waals surface area contributed by atoms with E-state index in [1.165, 1.54) is 11.8 Å². The van der Waals surface area contributed by atoms with Crippen molar-refractivity contribution in [2.45, 2.75) is 51.2 Å². The van der Waals surface area contributed by atoms with Gasteiger partial charge in [-0.2, -0.15) is 0 Å². The summed E-state index contributed by atoms with van der Waals surface area (Å²) in [4.78, 5) is 13.7. The summed E-state index contributed by atoms with van der Waals surface area (Å²) in [5.41, 5.74) is 0. The van der Waals surface area contributed by atoms with Gasteiger partial charge in [0.2, 0.25) is 5.91 Å². The highest BCUT2D eigenvalue weighted by molar-refractivity contribution is 8.01. The zero-order valence-corrected chi connectivity index (χ0v) is 11.2. The zero-order chi connectivity index (χ0) is 12.0. The van der Waals surface area contributed by atoms with Gasteiger partial charge in [-0.25, -0.2) is 0 Å². The number of thioether (sulfide) groups is 1. The predicted molar refractivity (Wildman–Crippen MR) is 66.1 cm³/mol. The quantitative estimate of drug-likeness (QED) is 0.760. The van der Waals surface area contributed by atoms with Gasteiger partial charge in [-0.3, -0.25) is 4.79 Å². The number of carbonyl (C=O) groups is 1. The number of aliphatic hydroxyl groups is 1. The summed E-state index contributed by atoms with van der Waals surface area (Å²) in [5, 5.41) is 9.38. The van der Waals surface area contributed by atoms with Crippen LogP contribution >= 0.6 is 11.8 Å². The van der Waals surface area contributed by atoms with Crippen LogP contribution in [0.4, 0.5) is 0 Å². The lowest BCUT2D eigenvalue weighted by atomic mass is 10.3. The lowest BCUT2D eigenvalue weighted by Crippen LogP contribution is -2.37. The minimum atomic E-state index is -0.373. The third-order valence-electron chi connectivity index (χ3n) is 2.52. The molecule has 0 aromatic rings. The molecule has 3 nitrogen and oxygen atoms in total. The molecule has 0 aliphatic rings. The van der Waals surface area contributed by atoms with E-state index in [0.29, 0.717) is 0 Å². The summed E-state index contributed by atoms with van der Waals surface area (Å²) in [6.07, 6.45) is -0.373. The van der Waals surface area contributed by atoms with Gasteiger partial charge in [0.25, 0.3) is 0 Å². The van der Waals surface area contributed by atoms with Crippen molar-refractivity contribution in [3.63, 3.8) is 0 Å². The molecule has 0 aliphatic heterocycles. The second-order valence-electron chi connectivity index (χ2n) is 3.73. The first-order valence-corrected chi connectivity index (χ1v) is 6.50. The summed E-state index contributed by atoms with van der Waals surface area (Å²) in [5.74, 6) is 0.164. The van der Waals surface area contributed by atoms with Crippen LogP contribution in [-0.2, 0) is 4.79 Å². The van der Waals surface area contributed by atoms with Crippen molar-refractivity contribution in [2.24, 2.45) is 0 Å². The van der Waals surface area contributed by atoms with Crippen molar-refractivity contribution in [1.82, 2.24) is 4.90 Å². The number of aliphatic hydroxyl groups excluding tert-OH is 1. The molecule has 0 fully saturated rings. The molecule has 0 radical (unpaired) electrons. The minimum absolute atomic E-state index is 0.0745. The van der Waals surface area contributed by atoms with Crippen LogP contribution in [0.5, 0.6) is 0 Å². The second-order valence-corrected chi connectivity index (χ2v) is 5.46. The Morgan fingerprint density at radius 3 is 2.07 bits per heavy atom. The standard InChI is InChI=1S/C11H23NO2S/c1-6-12(7-2)11(14)10(5)15-9(4)8(3)13/h8-10,13H,6-7H2,1-5H3. The van der Waals surface area contributed by atoms with E-state index in [4.69, 9.17) is 0 Å². The molecule has 1 amide bonds. The van der Waals surface area contributed by atoms with E-state index in [1.54, 1.807) is 6.92 Å². The van der Waals surface area contributed by atoms with E-state index >= 15 is 0 Å². The fourth-order valence-corrected chi connectivity index (χ4v) is 2.42. The van der Waals surface area contributed by atoms with Gasteiger partial charge in [0.15, 0.2) is 0 Å². The molecule has 0 saturated heterocycles. The van der Waals surface area contributed by atoms with Crippen molar-refractivity contribution < 1.29 is 9.90 Å². The monoisotopic (exact) mass is 233 g/mol. The van der Waals surface area contributed by atoms with Gasteiger partial charge in [0, 0.05) is 18.3 Å². The van der Waals surface area contributed by atoms with Crippen LogP contribution in [0.3, 0.4) is 0 Å². The van der Waals surface area contributed by atoms with Crippen LogP contribution in [0.2, 0.25) is 0 Å². The Kier molecular flexibility index (Phi) is 7.02. The lowest BCUT2D eigenvalue weighted by molar-refractivity contribution is -0.129. The third-order valence-corrected chi connectivity index (χ3v) is 3.95. The topological polar surface area (TPSA) is 40.5 Å². The molecule has 3 unspecified atom stereocenters. The molecule has 90 valence electrons. The van der Waals surface area contributed by atoms with Crippen molar-refractivity contribution in [1.29, 1.82) is 0 Å². The van der Waals surface area contributed by atoms with Crippen LogP contribution in [0.15, 0.2) is 0 Å². The molecule has 4 heteroatoms. The number of amides is 1. The molecule has 0 aliphatic carbocycles. The molecular formula is C11H23NO2S. The van der Waals surface area contributed by atoms with Gasteiger partial charge in [-0.05, 0) is 27.7 Å². The minimum Gasteiger partial charge on any atom is -0.392 e. The van der Waals surface area contributed by atoms with Crippen molar-refractivity contribution >= 4 is 17.7 Å². The number of hydrogen-bond donors (Lipinski definition) is 1. The Morgan fingerprint density at radius 2 is 1.73 bits per heavy atom. The van der Waals surface area contributed by atoms with Gasteiger partial charge >= 0.3 is 0 Å². The van der Waals surface area contributed by atoms with E-state index in [0.717, 1.165) is 13.1 Å². The smallest absolute Gasteiger partial charge is 0.235 e. The van der Waals surface area contributed by atoms with E-state index in [1.807, 2.05) is 32.6 Å². The van der Waals surface area contributed by atoms with Crippen molar-refractivity contribution in [2.75, 3.05) is 13.1 Å². The van der Waals surface area contributed by atoms with Gasteiger partial charge < -0.3 is 10.0 Å². The summed E-state index contributed by atoms with van der Waals surface area (Å²) >= 11 is 1.53. The Hall–Kier alpha value is -0.220. The largest absolute Gasteiger partial charge is 0.392 e. The predicted octanol–water partition coefficient (Wildman–Crippen LogP) is 1.75. The van der Waals surface area contributed by atoms with E-state index in [2.05, 4.69) is 0 Å². The van der Waals surface area contributed by atoms with E-state index in [9.17, 15) is 9.90 Å². The highest BCUT2D eigenvalue weighted by atomic mass is 32.2. The molecule has 0 saturated carbocycles. The number of nitrogens with zero attached hydrogens (tertiary/aromatic N) is 1. The summed E-state index contributed by atoms with van der Waals surface area (Å²) in [6, 6.07) is 0. The normalized spacial score (nSPS) is 16.9. The Balaban J connectivity index is 4.20. The van der Waals surface area contributed by atoms with Crippen LogP contribution in [0.1, 0.15) is 34.6 Å². The molecule has 0 heterocycles. The van der Waals surface area contributed by atoms with Crippen LogP contribution in [-0.4, -0.2) is 45.6 Å². The maximum Gasteiger partial charge on any atom is 0.235 e. The first-order valence-electron chi connectivity index (χ1n) is 5.56. The van der Waals surface area contributed by atoms with Gasteiger partial charge in [-0.15, -0.1) is 11.8 Å². The number of hydrogen-bond acceptors (Lipinski definition) is 3. The Labute approximate surface area is 97.2 Å². The SMILES string of the molecule is CCN(CC)C(=O)C(C)SC(C)C(C)O. The fourth-order valence-electron chi connectivity index (χ4n) is 1.29. The first kappa shape index (κ1) is 14.8. The molecular weight excluding hydrogens is 210 g/mol.